The molecular weight excluding hydrogens is 269 g/mol. The van der Waals surface area contributed by atoms with Crippen molar-refractivity contribution in [3.05, 3.63) is 65.9 Å². The average Bonchev–Trinajstić information content (AvgIpc) is 2.93. The molecule has 3 rings (SSSR count). The Labute approximate surface area is 120 Å². The Bertz CT molecular complexity index is 787. The second kappa shape index (κ2) is 5.51. The van der Waals surface area contributed by atoms with E-state index in [0.29, 0.717) is 12.2 Å². The third-order valence-corrected chi connectivity index (χ3v) is 3.02. The minimum absolute atomic E-state index is 0.241. The highest BCUT2D eigenvalue weighted by Crippen LogP contribution is 2.21. The molecule has 0 radical (unpaired) electrons. The summed E-state index contributed by atoms with van der Waals surface area (Å²) in [5.74, 6) is -0.289. The number of halogens is 1. The van der Waals surface area contributed by atoms with Crippen molar-refractivity contribution < 1.29 is 4.39 Å². The van der Waals surface area contributed by atoms with E-state index in [1.807, 2.05) is 12.1 Å². The Morgan fingerprint density at radius 1 is 1.19 bits per heavy atom. The van der Waals surface area contributed by atoms with Gasteiger partial charge in [-0.2, -0.15) is 5.26 Å². The number of nitrogens with zero attached hydrogens (tertiary/aromatic N) is 5. The monoisotopic (exact) mass is 279 g/mol. The van der Waals surface area contributed by atoms with Gasteiger partial charge < -0.3 is 0 Å². The van der Waals surface area contributed by atoms with E-state index in [4.69, 9.17) is 5.26 Å². The van der Waals surface area contributed by atoms with Gasteiger partial charge in [0.1, 0.15) is 17.6 Å². The fourth-order valence-corrected chi connectivity index (χ4v) is 2.05. The maximum absolute atomic E-state index is 12.9. The topological polar surface area (TPSA) is 67.4 Å². The van der Waals surface area contributed by atoms with Gasteiger partial charge in [-0.05, 0) is 29.8 Å². The van der Waals surface area contributed by atoms with E-state index in [1.54, 1.807) is 35.3 Å². The first-order valence-electron chi connectivity index (χ1n) is 6.26. The Hall–Kier alpha value is -3.07. The van der Waals surface area contributed by atoms with Crippen LogP contribution in [0.1, 0.15) is 11.3 Å². The Kier molecular flexibility index (Phi) is 3.39. The molecule has 1 aromatic carbocycles. The van der Waals surface area contributed by atoms with E-state index in [-0.39, 0.29) is 11.5 Å². The molecule has 0 unspecified atom stereocenters. The predicted molar refractivity (Wildman–Crippen MR) is 73.5 cm³/mol. The molecule has 2 heterocycles. The molecule has 3 aromatic rings. The highest BCUT2D eigenvalue weighted by molar-refractivity contribution is 5.63. The summed E-state index contributed by atoms with van der Waals surface area (Å²) in [7, 11) is 0. The molecule has 0 aliphatic carbocycles. The molecule has 6 heteroatoms. The quantitative estimate of drug-likeness (QED) is 0.738. The minimum Gasteiger partial charge on any atom is -0.264 e. The van der Waals surface area contributed by atoms with Gasteiger partial charge in [-0.1, -0.05) is 17.3 Å². The van der Waals surface area contributed by atoms with Gasteiger partial charge in [0.25, 0.3) is 0 Å². The van der Waals surface area contributed by atoms with Gasteiger partial charge >= 0.3 is 0 Å². The Balaban J connectivity index is 2.02. The molecule has 0 aliphatic rings. The highest BCUT2D eigenvalue weighted by atomic mass is 19.1. The van der Waals surface area contributed by atoms with Crippen molar-refractivity contribution in [3.63, 3.8) is 0 Å². The van der Waals surface area contributed by atoms with Crippen LogP contribution in [0.3, 0.4) is 0 Å². The van der Waals surface area contributed by atoms with Crippen LogP contribution in [0.2, 0.25) is 0 Å². The smallest absolute Gasteiger partial charge is 0.190 e. The molecule has 0 saturated carbocycles. The molecule has 0 amide bonds. The molecular formula is C15H10FN5. The maximum atomic E-state index is 12.9. The van der Waals surface area contributed by atoms with Gasteiger partial charge in [-0.15, -0.1) is 5.10 Å². The first-order chi connectivity index (χ1) is 10.3. The van der Waals surface area contributed by atoms with Gasteiger partial charge in [-0.3, -0.25) is 4.98 Å². The molecule has 0 bridgehead atoms. The standard InChI is InChI=1S/C15H10FN5/c16-13-5-3-11(4-6-13)10-21-15(14(8-17)19-20-21)12-2-1-7-18-9-12/h1-7,9H,10H2. The number of aromatic nitrogens is 4. The lowest BCUT2D eigenvalue weighted by atomic mass is 10.1. The molecule has 2 aromatic heterocycles. The predicted octanol–water partition coefficient (Wildman–Crippen LogP) is 2.40. The second-order valence-corrected chi connectivity index (χ2v) is 4.42. The molecule has 0 atom stereocenters. The number of benzene rings is 1. The zero-order chi connectivity index (χ0) is 14.7. The van der Waals surface area contributed by atoms with Crippen LogP contribution < -0.4 is 0 Å². The lowest BCUT2D eigenvalue weighted by Gasteiger charge is -2.06. The van der Waals surface area contributed by atoms with Crippen LogP contribution >= 0.6 is 0 Å². The fourth-order valence-electron chi connectivity index (χ4n) is 2.05. The van der Waals surface area contributed by atoms with Gasteiger partial charge in [0, 0.05) is 18.0 Å². The summed E-state index contributed by atoms with van der Waals surface area (Å²) >= 11 is 0. The van der Waals surface area contributed by atoms with Crippen LogP contribution in [0.5, 0.6) is 0 Å². The first kappa shape index (κ1) is 12.9. The van der Waals surface area contributed by atoms with E-state index in [9.17, 15) is 4.39 Å². The van der Waals surface area contributed by atoms with E-state index < -0.39 is 0 Å². The number of hydrogen-bond acceptors (Lipinski definition) is 4. The Morgan fingerprint density at radius 3 is 2.67 bits per heavy atom. The second-order valence-electron chi connectivity index (χ2n) is 4.42. The van der Waals surface area contributed by atoms with Gasteiger partial charge in [0.15, 0.2) is 5.69 Å². The SMILES string of the molecule is N#Cc1nnn(Cc2ccc(F)cc2)c1-c1cccnc1. The zero-order valence-electron chi connectivity index (χ0n) is 10.9. The summed E-state index contributed by atoms with van der Waals surface area (Å²) in [6.45, 7) is 0.402. The van der Waals surface area contributed by atoms with E-state index >= 15 is 0 Å². The molecule has 0 spiro atoms. The van der Waals surface area contributed by atoms with Crippen LogP contribution in [-0.2, 0) is 6.54 Å². The molecule has 102 valence electrons. The molecule has 0 aliphatic heterocycles. The van der Waals surface area contributed by atoms with E-state index in [1.165, 1.54) is 12.1 Å². The number of pyridine rings is 1. The third kappa shape index (κ3) is 2.62. The van der Waals surface area contributed by atoms with Crippen molar-refractivity contribution in [1.29, 1.82) is 5.26 Å². The summed E-state index contributed by atoms with van der Waals surface area (Å²) in [5.41, 5.74) is 2.48. The normalized spacial score (nSPS) is 10.3. The van der Waals surface area contributed by atoms with Gasteiger partial charge in [0.2, 0.25) is 0 Å². The van der Waals surface area contributed by atoms with Crippen molar-refractivity contribution in [2.75, 3.05) is 0 Å². The fraction of sp³-hybridized carbons (Fsp3) is 0.0667. The molecule has 0 fully saturated rings. The van der Waals surface area contributed by atoms with Crippen molar-refractivity contribution in [2.24, 2.45) is 0 Å². The summed E-state index contributed by atoms with van der Waals surface area (Å²) in [4.78, 5) is 4.05. The Morgan fingerprint density at radius 2 is 2.00 bits per heavy atom. The largest absolute Gasteiger partial charge is 0.264 e. The minimum atomic E-state index is -0.289. The highest BCUT2D eigenvalue weighted by Gasteiger charge is 2.15. The van der Waals surface area contributed by atoms with Crippen LogP contribution in [0, 0.1) is 17.1 Å². The van der Waals surface area contributed by atoms with Crippen LogP contribution in [0.4, 0.5) is 4.39 Å². The van der Waals surface area contributed by atoms with Crippen LogP contribution in [-0.4, -0.2) is 20.0 Å². The lowest BCUT2D eigenvalue weighted by Crippen LogP contribution is -2.04. The lowest BCUT2D eigenvalue weighted by molar-refractivity contribution is 0.622. The van der Waals surface area contributed by atoms with Crippen LogP contribution in [0.15, 0.2) is 48.8 Å². The van der Waals surface area contributed by atoms with Gasteiger partial charge in [-0.25, -0.2) is 9.07 Å². The molecule has 21 heavy (non-hydrogen) atoms. The maximum Gasteiger partial charge on any atom is 0.190 e. The molecule has 0 saturated heterocycles. The van der Waals surface area contributed by atoms with Crippen molar-refractivity contribution in [1.82, 2.24) is 20.0 Å². The first-order valence-corrected chi connectivity index (χ1v) is 6.26. The summed E-state index contributed by atoms with van der Waals surface area (Å²) in [6, 6.07) is 11.8. The van der Waals surface area contributed by atoms with E-state index in [2.05, 4.69) is 15.3 Å². The number of rotatable bonds is 3. The molecule has 0 N–H and O–H groups in total. The van der Waals surface area contributed by atoms with Crippen LogP contribution in [0.25, 0.3) is 11.3 Å². The summed E-state index contributed by atoms with van der Waals surface area (Å²) in [6.07, 6.45) is 3.31. The van der Waals surface area contributed by atoms with Crippen molar-refractivity contribution in [2.45, 2.75) is 6.54 Å². The summed E-state index contributed by atoms with van der Waals surface area (Å²) in [5, 5.41) is 17.0. The van der Waals surface area contributed by atoms with Crippen molar-refractivity contribution >= 4 is 0 Å². The average molecular weight is 279 g/mol. The number of hydrogen-bond donors (Lipinski definition) is 0. The zero-order valence-corrected chi connectivity index (χ0v) is 10.9. The third-order valence-electron chi connectivity index (χ3n) is 3.02. The number of nitriles is 1. The molecule has 5 nitrogen and oxygen atoms in total. The van der Waals surface area contributed by atoms with Crippen molar-refractivity contribution in [3.8, 4) is 17.3 Å². The van der Waals surface area contributed by atoms with E-state index in [0.717, 1.165) is 11.1 Å². The van der Waals surface area contributed by atoms with Gasteiger partial charge in [0.05, 0.1) is 6.54 Å². The summed E-state index contributed by atoms with van der Waals surface area (Å²) < 4.78 is 14.6.